The Hall–Kier alpha value is -1.40. The minimum atomic E-state index is -2.87. The molecule has 0 radical (unpaired) electrons. The van der Waals surface area contributed by atoms with E-state index in [-0.39, 0.29) is 28.4 Å². The summed E-state index contributed by atoms with van der Waals surface area (Å²) in [5.74, 6) is -2.61. The Morgan fingerprint density at radius 2 is 1.80 bits per heavy atom. The van der Waals surface area contributed by atoms with Gasteiger partial charge in [-0.05, 0) is 36.0 Å². The first-order valence-corrected chi connectivity index (χ1v) is 6.50. The van der Waals surface area contributed by atoms with Gasteiger partial charge in [0, 0.05) is 30.5 Å². The lowest BCUT2D eigenvalue weighted by Crippen LogP contribution is -2.14. The van der Waals surface area contributed by atoms with Crippen LogP contribution in [0.3, 0.4) is 0 Å². The summed E-state index contributed by atoms with van der Waals surface area (Å²) in [6.45, 7) is 0.853. The molecule has 0 bridgehead atoms. The fourth-order valence-electron chi connectivity index (χ4n) is 1.64. The summed E-state index contributed by atoms with van der Waals surface area (Å²) < 4.78 is 26.4. The van der Waals surface area contributed by atoms with Gasteiger partial charge in [0.25, 0.3) is 5.92 Å². The van der Waals surface area contributed by atoms with Crippen LogP contribution in [0.4, 0.5) is 8.78 Å². The molecule has 0 spiro atoms. The molecule has 0 N–H and O–H groups in total. The molecular weight excluding hydrogens is 309 g/mol. The first kappa shape index (κ1) is 15.0. The molecule has 4 nitrogen and oxygen atoms in total. The summed E-state index contributed by atoms with van der Waals surface area (Å²) in [6, 6.07) is 0. The zero-order valence-corrected chi connectivity index (χ0v) is 12.0. The van der Waals surface area contributed by atoms with E-state index in [4.69, 9.17) is 23.2 Å². The van der Waals surface area contributed by atoms with Crippen LogP contribution in [0.2, 0.25) is 10.6 Å². The standard InChI is InChI=1S/C12H10Cl2F2N4/c1-12(15,16)8-4-2-3-7(5-17-6-8)9-18-10(13)20-11(14)19-9/h3,5-6H,2,4H2,1H3. The lowest BCUT2D eigenvalue weighted by molar-refractivity contribution is 0.0595. The second-order valence-corrected chi connectivity index (χ2v) is 4.89. The molecule has 0 aliphatic carbocycles. The van der Waals surface area contributed by atoms with Crippen molar-refractivity contribution in [3.63, 3.8) is 0 Å². The molecule has 1 aliphatic heterocycles. The number of hydrogen-bond acceptors (Lipinski definition) is 4. The van der Waals surface area contributed by atoms with Crippen LogP contribution in [0.15, 0.2) is 22.8 Å². The molecule has 0 amide bonds. The monoisotopic (exact) mass is 318 g/mol. The minimum Gasteiger partial charge on any atom is -0.264 e. The van der Waals surface area contributed by atoms with E-state index >= 15 is 0 Å². The highest BCUT2D eigenvalue weighted by atomic mass is 35.5. The number of nitrogens with zero attached hydrogens (tertiary/aromatic N) is 4. The topological polar surface area (TPSA) is 51.0 Å². The van der Waals surface area contributed by atoms with E-state index < -0.39 is 5.92 Å². The molecule has 106 valence electrons. The summed E-state index contributed by atoms with van der Waals surface area (Å²) in [5.41, 5.74) is 0.543. The molecule has 0 saturated carbocycles. The van der Waals surface area contributed by atoms with E-state index in [1.54, 1.807) is 6.08 Å². The Balaban J connectivity index is 2.30. The molecule has 0 fully saturated rings. The Kier molecular flexibility index (Phi) is 4.45. The van der Waals surface area contributed by atoms with Crippen LogP contribution in [0.1, 0.15) is 25.6 Å². The van der Waals surface area contributed by atoms with Crippen LogP contribution in [-0.2, 0) is 0 Å². The number of alkyl halides is 2. The van der Waals surface area contributed by atoms with Crippen molar-refractivity contribution in [3.8, 4) is 0 Å². The Bertz CT molecular complexity index is 586. The highest BCUT2D eigenvalue weighted by Gasteiger charge is 2.27. The predicted octanol–water partition coefficient (Wildman–Crippen LogP) is 3.97. The molecule has 0 saturated heterocycles. The molecular formula is C12H10Cl2F2N4. The quantitative estimate of drug-likeness (QED) is 0.829. The Morgan fingerprint density at radius 1 is 1.15 bits per heavy atom. The van der Waals surface area contributed by atoms with Crippen LogP contribution >= 0.6 is 23.2 Å². The smallest absolute Gasteiger partial charge is 0.264 e. The second-order valence-electron chi connectivity index (χ2n) is 4.22. The molecule has 8 heteroatoms. The van der Waals surface area contributed by atoms with Gasteiger partial charge in [-0.2, -0.15) is 15.0 Å². The number of allylic oxidation sites excluding steroid dienone is 3. The minimum absolute atomic E-state index is 0.0178. The van der Waals surface area contributed by atoms with Crippen LogP contribution in [-0.4, -0.2) is 27.1 Å². The highest BCUT2D eigenvalue weighted by Crippen LogP contribution is 2.28. The molecule has 2 heterocycles. The lowest BCUT2D eigenvalue weighted by atomic mass is 10.0. The Labute approximate surface area is 124 Å². The zero-order valence-electron chi connectivity index (χ0n) is 10.4. The van der Waals surface area contributed by atoms with Gasteiger partial charge in [-0.25, -0.2) is 8.78 Å². The van der Waals surface area contributed by atoms with Gasteiger partial charge < -0.3 is 0 Å². The number of aliphatic imine (C=N–C) groups is 1. The van der Waals surface area contributed by atoms with Crippen molar-refractivity contribution in [1.29, 1.82) is 0 Å². The van der Waals surface area contributed by atoms with E-state index in [2.05, 4.69) is 19.9 Å². The molecule has 0 unspecified atom stereocenters. The third-order valence-electron chi connectivity index (χ3n) is 2.62. The fraction of sp³-hybridized carbons (Fsp3) is 0.333. The van der Waals surface area contributed by atoms with Crippen LogP contribution in [0.25, 0.3) is 5.57 Å². The largest absolute Gasteiger partial charge is 0.268 e. The third-order valence-corrected chi connectivity index (χ3v) is 2.96. The van der Waals surface area contributed by atoms with Crippen molar-refractivity contribution in [2.75, 3.05) is 0 Å². The van der Waals surface area contributed by atoms with E-state index in [0.717, 1.165) is 13.1 Å². The maximum atomic E-state index is 13.2. The second kappa shape index (κ2) is 5.93. The van der Waals surface area contributed by atoms with Crippen molar-refractivity contribution in [1.82, 2.24) is 15.0 Å². The van der Waals surface area contributed by atoms with Crippen LogP contribution in [0.5, 0.6) is 0 Å². The summed E-state index contributed by atoms with van der Waals surface area (Å²) in [6.07, 6.45) is 4.89. The van der Waals surface area contributed by atoms with Gasteiger partial charge in [0.2, 0.25) is 10.6 Å². The molecule has 0 atom stereocenters. The third kappa shape index (κ3) is 3.80. The maximum absolute atomic E-state index is 13.2. The first-order valence-electron chi connectivity index (χ1n) is 5.74. The van der Waals surface area contributed by atoms with Gasteiger partial charge in [-0.1, -0.05) is 6.08 Å². The summed E-state index contributed by atoms with van der Waals surface area (Å²) in [4.78, 5) is 15.4. The SMILES string of the molecule is CC(F)(F)C1=CN=CC(c2nc(Cl)nc(Cl)n2)=CCC1. The first-order chi connectivity index (χ1) is 9.36. The Morgan fingerprint density at radius 3 is 2.40 bits per heavy atom. The van der Waals surface area contributed by atoms with Crippen molar-refractivity contribution in [2.45, 2.75) is 25.7 Å². The van der Waals surface area contributed by atoms with Crippen LogP contribution < -0.4 is 0 Å². The van der Waals surface area contributed by atoms with E-state index in [9.17, 15) is 8.78 Å². The molecule has 0 aromatic carbocycles. The van der Waals surface area contributed by atoms with Gasteiger partial charge in [-0.3, -0.25) is 4.99 Å². The lowest BCUT2D eigenvalue weighted by Gasteiger charge is -2.14. The van der Waals surface area contributed by atoms with Crippen molar-refractivity contribution < 1.29 is 8.78 Å². The highest BCUT2D eigenvalue weighted by molar-refractivity contribution is 6.31. The maximum Gasteiger partial charge on any atom is 0.268 e. The molecule has 1 aromatic rings. The summed E-state index contributed by atoms with van der Waals surface area (Å²) >= 11 is 11.4. The van der Waals surface area contributed by atoms with Crippen molar-refractivity contribution in [3.05, 3.63) is 34.2 Å². The number of aromatic nitrogens is 3. The molecule has 1 aliphatic rings. The van der Waals surface area contributed by atoms with E-state index in [1.165, 1.54) is 6.21 Å². The summed E-state index contributed by atoms with van der Waals surface area (Å²) in [5, 5.41) is -0.0691. The van der Waals surface area contributed by atoms with Gasteiger partial charge in [0.1, 0.15) is 0 Å². The van der Waals surface area contributed by atoms with Gasteiger partial charge in [0.15, 0.2) is 5.82 Å². The number of halogens is 4. The average molecular weight is 319 g/mol. The number of rotatable bonds is 2. The average Bonchev–Trinajstić information content (AvgIpc) is 2.24. The summed E-state index contributed by atoms with van der Waals surface area (Å²) in [7, 11) is 0. The van der Waals surface area contributed by atoms with Gasteiger partial charge in [0.05, 0.1) is 0 Å². The predicted molar refractivity (Wildman–Crippen MR) is 74.3 cm³/mol. The normalized spacial score (nSPS) is 16.2. The molecule has 2 rings (SSSR count). The molecule has 1 aromatic heterocycles. The van der Waals surface area contributed by atoms with Crippen LogP contribution in [0, 0.1) is 0 Å². The number of hydrogen-bond donors (Lipinski definition) is 0. The zero-order chi connectivity index (χ0) is 14.8. The van der Waals surface area contributed by atoms with Gasteiger partial charge in [-0.15, -0.1) is 0 Å². The van der Waals surface area contributed by atoms with E-state index in [0.29, 0.717) is 12.0 Å². The van der Waals surface area contributed by atoms with E-state index in [1.807, 2.05) is 0 Å². The van der Waals surface area contributed by atoms with Crippen molar-refractivity contribution >= 4 is 35.0 Å². The van der Waals surface area contributed by atoms with Gasteiger partial charge >= 0.3 is 0 Å². The fourth-order valence-corrected chi connectivity index (χ4v) is 2.01. The molecule has 20 heavy (non-hydrogen) atoms. The van der Waals surface area contributed by atoms with Crippen molar-refractivity contribution in [2.24, 2.45) is 4.99 Å².